The van der Waals surface area contributed by atoms with E-state index in [9.17, 15) is 17.2 Å². The number of ether oxygens (including phenoxy) is 1. The number of benzene rings is 1. The molecular weight excluding hydrogens is 414 g/mol. The van der Waals surface area contributed by atoms with Crippen LogP contribution in [0.2, 0.25) is 0 Å². The molecule has 7 nitrogen and oxygen atoms in total. The van der Waals surface area contributed by atoms with Gasteiger partial charge in [0, 0.05) is 43.0 Å². The van der Waals surface area contributed by atoms with Crippen LogP contribution in [0.5, 0.6) is 0 Å². The standard InChI is InChI=1S/C20H26F2N4O3S/c1-11(2)26-18-9-25(8-17(18)24-20(26)30(3,27)28)13-7-16(23)19(29-10-13)14-6-12(21)4-5-15(14)22/h4-6,11,13,16,19H,7-10,23H2,1-3H3/t13-,16+,19-/m1/s1. The summed E-state index contributed by atoms with van der Waals surface area (Å²) < 4.78 is 59.6. The number of aromatic nitrogens is 2. The molecule has 0 aliphatic carbocycles. The van der Waals surface area contributed by atoms with Crippen LogP contribution in [-0.2, 0) is 27.7 Å². The monoisotopic (exact) mass is 440 g/mol. The van der Waals surface area contributed by atoms with E-state index in [1.807, 2.05) is 13.8 Å². The second-order valence-electron chi connectivity index (χ2n) is 8.40. The van der Waals surface area contributed by atoms with Gasteiger partial charge in [0.1, 0.15) is 17.7 Å². The summed E-state index contributed by atoms with van der Waals surface area (Å²) in [6, 6.07) is 2.72. The zero-order valence-electron chi connectivity index (χ0n) is 17.2. The van der Waals surface area contributed by atoms with E-state index in [2.05, 4.69) is 9.88 Å². The Kier molecular flexibility index (Phi) is 5.46. The molecule has 2 N–H and O–H groups in total. The minimum atomic E-state index is -3.43. The van der Waals surface area contributed by atoms with Crippen molar-refractivity contribution in [2.45, 2.75) is 62.7 Å². The Bertz CT molecular complexity index is 1070. The third-order valence-electron chi connectivity index (χ3n) is 5.80. The average molecular weight is 441 g/mol. The van der Waals surface area contributed by atoms with Crippen LogP contribution in [0.1, 0.15) is 49.4 Å². The molecule has 0 amide bonds. The number of imidazole rings is 1. The highest BCUT2D eigenvalue weighted by Crippen LogP contribution is 2.35. The summed E-state index contributed by atoms with van der Waals surface area (Å²) in [7, 11) is -3.43. The summed E-state index contributed by atoms with van der Waals surface area (Å²) in [6.07, 6.45) is 1.01. The van der Waals surface area contributed by atoms with Crippen molar-refractivity contribution in [1.82, 2.24) is 14.5 Å². The van der Waals surface area contributed by atoms with Crippen molar-refractivity contribution in [3.05, 3.63) is 46.8 Å². The lowest BCUT2D eigenvalue weighted by molar-refractivity contribution is -0.0536. The van der Waals surface area contributed by atoms with Crippen LogP contribution in [0.25, 0.3) is 0 Å². The van der Waals surface area contributed by atoms with Gasteiger partial charge in [0.25, 0.3) is 0 Å². The van der Waals surface area contributed by atoms with E-state index in [4.69, 9.17) is 10.5 Å². The van der Waals surface area contributed by atoms with E-state index in [-0.39, 0.29) is 22.8 Å². The first-order valence-corrected chi connectivity index (χ1v) is 11.8. The third kappa shape index (κ3) is 3.77. The van der Waals surface area contributed by atoms with Crippen LogP contribution in [0.15, 0.2) is 23.4 Å². The van der Waals surface area contributed by atoms with E-state index in [0.29, 0.717) is 26.1 Å². The molecule has 164 valence electrons. The molecule has 1 aromatic heterocycles. The number of nitrogens with two attached hydrogens (primary N) is 1. The van der Waals surface area contributed by atoms with E-state index >= 15 is 0 Å². The SMILES string of the molecule is CC(C)n1c(S(C)(=O)=O)nc2c1CN([C@H]1CO[C@H](c3cc(F)ccc3F)[C@@H](N)C1)C2. The third-order valence-corrected chi connectivity index (χ3v) is 6.75. The Labute approximate surface area is 174 Å². The smallest absolute Gasteiger partial charge is 0.228 e. The molecular formula is C20H26F2N4O3S. The van der Waals surface area contributed by atoms with Gasteiger partial charge in [0.2, 0.25) is 15.0 Å². The van der Waals surface area contributed by atoms with Crippen molar-refractivity contribution in [2.75, 3.05) is 12.9 Å². The van der Waals surface area contributed by atoms with Crippen LogP contribution in [0, 0.1) is 11.6 Å². The molecule has 30 heavy (non-hydrogen) atoms. The van der Waals surface area contributed by atoms with Crippen LogP contribution in [0.4, 0.5) is 8.78 Å². The Morgan fingerprint density at radius 3 is 2.63 bits per heavy atom. The fraction of sp³-hybridized carbons (Fsp3) is 0.550. The van der Waals surface area contributed by atoms with Crippen molar-refractivity contribution in [2.24, 2.45) is 5.73 Å². The second kappa shape index (κ2) is 7.67. The molecule has 2 aromatic rings. The Hall–Kier alpha value is -1.88. The maximum atomic E-state index is 14.1. The summed E-state index contributed by atoms with van der Waals surface area (Å²) in [5, 5.41) is 0.0976. The largest absolute Gasteiger partial charge is 0.370 e. The molecule has 1 fully saturated rings. The minimum absolute atomic E-state index is 0.0237. The molecule has 3 atom stereocenters. The first-order chi connectivity index (χ1) is 14.1. The Morgan fingerprint density at radius 1 is 1.27 bits per heavy atom. The maximum absolute atomic E-state index is 14.1. The van der Waals surface area contributed by atoms with E-state index in [0.717, 1.165) is 29.6 Å². The Balaban J connectivity index is 1.51. The predicted octanol–water partition coefficient (Wildman–Crippen LogP) is 2.32. The summed E-state index contributed by atoms with van der Waals surface area (Å²) in [4.78, 5) is 6.55. The van der Waals surface area contributed by atoms with Gasteiger partial charge in [0.05, 0.1) is 18.0 Å². The van der Waals surface area contributed by atoms with Gasteiger partial charge in [-0.1, -0.05) is 0 Å². The molecule has 1 saturated heterocycles. The van der Waals surface area contributed by atoms with Crippen molar-refractivity contribution < 1.29 is 21.9 Å². The van der Waals surface area contributed by atoms with E-state index in [1.165, 1.54) is 6.26 Å². The van der Waals surface area contributed by atoms with Gasteiger partial charge in [-0.3, -0.25) is 4.90 Å². The van der Waals surface area contributed by atoms with Crippen molar-refractivity contribution in [3.63, 3.8) is 0 Å². The van der Waals surface area contributed by atoms with Gasteiger partial charge < -0.3 is 15.0 Å². The van der Waals surface area contributed by atoms with Gasteiger partial charge in [-0.05, 0) is 38.5 Å². The number of fused-ring (bicyclic) bond motifs is 1. The number of hydrogen-bond acceptors (Lipinski definition) is 6. The lowest BCUT2D eigenvalue weighted by Gasteiger charge is -2.38. The highest BCUT2D eigenvalue weighted by Gasteiger charge is 2.39. The maximum Gasteiger partial charge on any atom is 0.228 e. The zero-order chi connectivity index (χ0) is 21.8. The topological polar surface area (TPSA) is 90.5 Å². The Morgan fingerprint density at radius 2 is 2.00 bits per heavy atom. The van der Waals surface area contributed by atoms with Crippen LogP contribution >= 0.6 is 0 Å². The quantitative estimate of drug-likeness (QED) is 0.785. The molecule has 2 aliphatic rings. The lowest BCUT2D eigenvalue weighted by atomic mass is 9.93. The van der Waals surface area contributed by atoms with Gasteiger partial charge in [0.15, 0.2) is 0 Å². The fourth-order valence-electron chi connectivity index (χ4n) is 4.43. The molecule has 0 unspecified atom stereocenters. The lowest BCUT2D eigenvalue weighted by Crippen LogP contribution is -2.48. The summed E-state index contributed by atoms with van der Waals surface area (Å²) >= 11 is 0. The minimum Gasteiger partial charge on any atom is -0.370 e. The van der Waals surface area contributed by atoms with E-state index in [1.54, 1.807) is 4.57 Å². The summed E-state index contributed by atoms with van der Waals surface area (Å²) in [6.45, 7) is 5.21. The van der Waals surface area contributed by atoms with Crippen molar-refractivity contribution in [1.29, 1.82) is 0 Å². The van der Waals surface area contributed by atoms with Crippen LogP contribution in [0.3, 0.4) is 0 Å². The van der Waals surface area contributed by atoms with E-state index < -0.39 is 33.6 Å². The van der Waals surface area contributed by atoms with Crippen LogP contribution in [-0.4, -0.2) is 47.8 Å². The summed E-state index contributed by atoms with van der Waals surface area (Å²) in [5.74, 6) is -1.06. The van der Waals surface area contributed by atoms with Gasteiger partial charge >= 0.3 is 0 Å². The number of rotatable bonds is 4. The van der Waals surface area contributed by atoms with Gasteiger partial charge in [-0.15, -0.1) is 0 Å². The number of nitrogens with zero attached hydrogens (tertiary/aromatic N) is 3. The molecule has 2 aliphatic heterocycles. The molecule has 0 bridgehead atoms. The first kappa shape index (κ1) is 21.4. The van der Waals surface area contributed by atoms with Crippen molar-refractivity contribution >= 4 is 9.84 Å². The normalized spacial score (nSPS) is 25.1. The second-order valence-corrected chi connectivity index (χ2v) is 10.3. The first-order valence-electron chi connectivity index (χ1n) is 9.92. The number of hydrogen-bond donors (Lipinski definition) is 1. The van der Waals surface area contributed by atoms with Gasteiger partial charge in [-0.25, -0.2) is 22.2 Å². The fourth-order valence-corrected chi connectivity index (χ4v) is 5.38. The molecule has 4 rings (SSSR count). The molecule has 10 heteroatoms. The van der Waals surface area contributed by atoms with Gasteiger partial charge in [-0.2, -0.15) is 0 Å². The molecule has 0 spiro atoms. The highest BCUT2D eigenvalue weighted by molar-refractivity contribution is 7.90. The number of sulfone groups is 1. The van der Waals surface area contributed by atoms with Crippen LogP contribution < -0.4 is 5.73 Å². The highest BCUT2D eigenvalue weighted by atomic mass is 32.2. The number of halogens is 2. The summed E-state index contributed by atoms with van der Waals surface area (Å²) in [5.41, 5.74) is 8.05. The zero-order valence-corrected chi connectivity index (χ0v) is 18.0. The molecule has 0 saturated carbocycles. The molecule has 3 heterocycles. The van der Waals surface area contributed by atoms with Crippen molar-refractivity contribution in [3.8, 4) is 0 Å². The molecule has 1 aromatic carbocycles. The average Bonchev–Trinajstić information content (AvgIpc) is 3.21. The predicted molar refractivity (Wildman–Crippen MR) is 106 cm³/mol. The molecule has 0 radical (unpaired) electrons.